The summed E-state index contributed by atoms with van der Waals surface area (Å²) in [6.07, 6.45) is 6.55. The lowest BCUT2D eigenvalue weighted by atomic mass is 9.65. The number of anilines is 1. The molecule has 23 heavy (non-hydrogen) atoms. The highest BCUT2D eigenvalue weighted by molar-refractivity contribution is 14.0. The molecule has 5 heteroatoms. The van der Waals surface area contributed by atoms with Crippen LogP contribution in [0.1, 0.15) is 24.8 Å². The maximum Gasteiger partial charge on any atom is 0.194 e. The van der Waals surface area contributed by atoms with Crippen molar-refractivity contribution >= 4 is 35.8 Å². The van der Waals surface area contributed by atoms with Crippen molar-refractivity contribution in [2.24, 2.45) is 16.1 Å². The third-order valence-corrected chi connectivity index (χ3v) is 4.34. The van der Waals surface area contributed by atoms with E-state index in [1.807, 2.05) is 18.2 Å². The van der Waals surface area contributed by atoms with Gasteiger partial charge in [-0.15, -0.1) is 24.0 Å². The molecule has 122 valence electrons. The lowest BCUT2D eigenvalue weighted by Gasteiger charge is -2.41. The van der Waals surface area contributed by atoms with Gasteiger partial charge >= 0.3 is 0 Å². The fourth-order valence-electron chi connectivity index (χ4n) is 2.96. The number of rotatable bonds is 5. The van der Waals surface area contributed by atoms with Crippen LogP contribution >= 0.6 is 24.0 Å². The van der Waals surface area contributed by atoms with Crippen LogP contribution in [0.5, 0.6) is 0 Å². The Labute approximate surface area is 154 Å². The maximum absolute atomic E-state index is 5.98. The van der Waals surface area contributed by atoms with Gasteiger partial charge in [0.1, 0.15) is 5.82 Å². The number of pyridine rings is 1. The van der Waals surface area contributed by atoms with Gasteiger partial charge in [0.05, 0.1) is 0 Å². The zero-order valence-corrected chi connectivity index (χ0v) is 15.4. The molecule has 1 aliphatic carbocycles. The minimum Gasteiger partial charge on any atom is -0.370 e. The molecule has 4 nitrogen and oxygen atoms in total. The zero-order valence-electron chi connectivity index (χ0n) is 13.1. The Bertz CT molecular complexity index is 624. The molecule has 1 saturated carbocycles. The van der Waals surface area contributed by atoms with Crippen molar-refractivity contribution in [3.05, 3.63) is 60.3 Å². The summed E-state index contributed by atoms with van der Waals surface area (Å²) in [5.74, 6) is 1.17. The Kier molecular flexibility index (Phi) is 6.38. The average Bonchev–Trinajstić information content (AvgIpc) is 2.52. The number of hydrogen-bond acceptors (Lipinski definition) is 2. The normalized spacial score (nSPS) is 16.1. The van der Waals surface area contributed by atoms with Crippen molar-refractivity contribution in [1.29, 1.82) is 0 Å². The molecule has 0 spiro atoms. The summed E-state index contributed by atoms with van der Waals surface area (Å²) < 4.78 is 0. The molecule has 0 radical (unpaired) electrons. The Balaban J connectivity index is 0.00000192. The van der Waals surface area contributed by atoms with E-state index in [9.17, 15) is 0 Å². The molecule has 2 aromatic rings. The predicted molar refractivity (Wildman–Crippen MR) is 106 cm³/mol. The molecule has 1 aliphatic rings. The van der Waals surface area contributed by atoms with Gasteiger partial charge in [-0.05, 0) is 42.4 Å². The van der Waals surface area contributed by atoms with Gasteiger partial charge in [-0.25, -0.2) is 4.98 Å². The lowest BCUT2D eigenvalue weighted by Crippen LogP contribution is -2.36. The molecule has 3 N–H and O–H groups in total. The number of hydrogen-bond donors (Lipinski definition) is 2. The highest BCUT2D eigenvalue weighted by Crippen LogP contribution is 2.43. The first kappa shape index (κ1) is 17.7. The monoisotopic (exact) mass is 422 g/mol. The quantitative estimate of drug-likeness (QED) is 0.437. The summed E-state index contributed by atoms with van der Waals surface area (Å²) in [7, 11) is 0. The second kappa shape index (κ2) is 8.29. The molecule has 0 amide bonds. The average molecular weight is 422 g/mol. The van der Waals surface area contributed by atoms with E-state index in [0.29, 0.717) is 5.96 Å². The van der Waals surface area contributed by atoms with Crippen LogP contribution in [-0.2, 0) is 6.42 Å². The number of nitrogens with two attached hydrogens (primary N) is 1. The second-order valence-corrected chi connectivity index (χ2v) is 6.06. The van der Waals surface area contributed by atoms with Crippen LogP contribution in [-0.4, -0.2) is 17.5 Å². The minimum absolute atomic E-state index is 0. The summed E-state index contributed by atoms with van der Waals surface area (Å²) in [6, 6.07) is 16.3. The highest BCUT2D eigenvalue weighted by Gasteiger charge is 2.36. The molecule has 1 aromatic carbocycles. The van der Waals surface area contributed by atoms with Gasteiger partial charge in [-0.3, -0.25) is 4.99 Å². The topological polar surface area (TPSA) is 63.3 Å². The molecule has 0 atom stereocenters. The van der Waals surface area contributed by atoms with Crippen molar-refractivity contribution in [3.8, 4) is 0 Å². The van der Waals surface area contributed by atoms with Crippen molar-refractivity contribution in [3.63, 3.8) is 0 Å². The third kappa shape index (κ3) is 4.92. The number of guanidine groups is 1. The fraction of sp³-hybridized carbons (Fsp3) is 0.333. The van der Waals surface area contributed by atoms with E-state index in [1.54, 1.807) is 6.20 Å². The first-order chi connectivity index (χ1) is 10.8. The van der Waals surface area contributed by atoms with E-state index in [-0.39, 0.29) is 29.4 Å². The first-order valence-corrected chi connectivity index (χ1v) is 7.78. The number of nitrogens with one attached hydrogen (secondary N) is 1. The molecular formula is C18H23IN4. The van der Waals surface area contributed by atoms with Gasteiger partial charge in [0, 0.05) is 12.7 Å². The molecular weight excluding hydrogens is 399 g/mol. The standard InChI is InChI=1S/C18H22N4.HI/c19-17(22-16-9-4-5-12-20-16)21-14-18(10-6-11-18)13-15-7-2-1-3-8-15;/h1-5,7-9,12H,6,10-11,13-14H2,(H3,19,20,21,22);1H. The predicted octanol–water partition coefficient (Wildman–Crippen LogP) is 3.84. The van der Waals surface area contributed by atoms with E-state index >= 15 is 0 Å². The smallest absolute Gasteiger partial charge is 0.194 e. The Hall–Kier alpha value is -1.63. The number of halogens is 1. The fourth-order valence-corrected chi connectivity index (χ4v) is 2.96. The molecule has 1 aromatic heterocycles. The molecule has 0 bridgehead atoms. The molecule has 0 aliphatic heterocycles. The van der Waals surface area contributed by atoms with Gasteiger partial charge in [-0.1, -0.05) is 42.8 Å². The van der Waals surface area contributed by atoms with Crippen LogP contribution in [0.4, 0.5) is 5.82 Å². The van der Waals surface area contributed by atoms with Crippen molar-refractivity contribution in [1.82, 2.24) is 4.98 Å². The number of benzene rings is 1. The summed E-state index contributed by atoms with van der Waals surface area (Å²) in [5, 5.41) is 3.04. The molecule has 0 saturated heterocycles. The van der Waals surface area contributed by atoms with Gasteiger partial charge < -0.3 is 11.1 Å². The Morgan fingerprint density at radius 3 is 2.48 bits per heavy atom. The molecule has 3 rings (SSSR count). The number of nitrogens with zero attached hydrogens (tertiary/aromatic N) is 2. The van der Waals surface area contributed by atoms with Gasteiger partial charge in [0.25, 0.3) is 0 Å². The van der Waals surface area contributed by atoms with E-state index in [4.69, 9.17) is 5.73 Å². The SMILES string of the molecule is I.NC(=NCC1(Cc2ccccc2)CCC1)Nc1ccccn1. The first-order valence-electron chi connectivity index (χ1n) is 7.78. The van der Waals surface area contributed by atoms with Crippen molar-refractivity contribution < 1.29 is 0 Å². The number of aromatic nitrogens is 1. The van der Waals surface area contributed by atoms with Gasteiger partial charge in [0.15, 0.2) is 5.96 Å². The zero-order chi connectivity index (χ0) is 15.3. The van der Waals surface area contributed by atoms with Gasteiger partial charge in [0.2, 0.25) is 0 Å². The molecule has 1 fully saturated rings. The molecule has 1 heterocycles. The summed E-state index contributed by atoms with van der Waals surface area (Å²) >= 11 is 0. The van der Waals surface area contributed by atoms with Gasteiger partial charge in [-0.2, -0.15) is 0 Å². The van der Waals surface area contributed by atoms with Crippen LogP contribution < -0.4 is 11.1 Å². The number of aliphatic imine (C=N–C) groups is 1. The highest BCUT2D eigenvalue weighted by atomic mass is 127. The Morgan fingerprint density at radius 1 is 1.13 bits per heavy atom. The van der Waals surface area contributed by atoms with Crippen molar-refractivity contribution in [2.75, 3.05) is 11.9 Å². The molecule has 0 unspecified atom stereocenters. The van der Waals surface area contributed by atoms with Crippen LogP contribution in [0.2, 0.25) is 0 Å². The second-order valence-electron chi connectivity index (χ2n) is 6.06. The van der Waals surface area contributed by atoms with E-state index in [1.165, 1.54) is 24.8 Å². The minimum atomic E-state index is 0. The van der Waals surface area contributed by atoms with Crippen LogP contribution in [0.25, 0.3) is 0 Å². The van der Waals surface area contributed by atoms with Crippen LogP contribution in [0, 0.1) is 5.41 Å². The van der Waals surface area contributed by atoms with Crippen LogP contribution in [0.15, 0.2) is 59.7 Å². The lowest BCUT2D eigenvalue weighted by molar-refractivity contribution is 0.145. The van der Waals surface area contributed by atoms with E-state index in [2.05, 4.69) is 45.6 Å². The van der Waals surface area contributed by atoms with E-state index in [0.717, 1.165) is 18.8 Å². The summed E-state index contributed by atoms with van der Waals surface area (Å²) in [6.45, 7) is 0.771. The van der Waals surface area contributed by atoms with Crippen molar-refractivity contribution in [2.45, 2.75) is 25.7 Å². The van der Waals surface area contributed by atoms with E-state index < -0.39 is 0 Å². The third-order valence-electron chi connectivity index (χ3n) is 4.34. The largest absolute Gasteiger partial charge is 0.370 e. The summed E-state index contributed by atoms with van der Waals surface area (Å²) in [4.78, 5) is 8.75. The maximum atomic E-state index is 5.98. The van der Waals surface area contributed by atoms with Crippen LogP contribution in [0.3, 0.4) is 0 Å². The summed E-state index contributed by atoms with van der Waals surface area (Å²) in [5.41, 5.74) is 7.64. The Morgan fingerprint density at radius 2 is 1.87 bits per heavy atom.